The Bertz CT molecular complexity index is 691. The molecule has 2 saturated carbocycles. The first kappa shape index (κ1) is 18.7. The first-order chi connectivity index (χ1) is 13.0. The van der Waals surface area contributed by atoms with Crippen LogP contribution in [0.2, 0.25) is 0 Å². The lowest BCUT2D eigenvalue weighted by molar-refractivity contribution is -0.188. The topological polar surface area (TPSA) is 76.4 Å². The number of nitrogens with one attached hydrogen (secondary N) is 2. The van der Waals surface area contributed by atoms with Crippen LogP contribution in [0.1, 0.15) is 64.0 Å². The highest BCUT2D eigenvalue weighted by Gasteiger charge is 2.58. The molecule has 3 unspecified atom stereocenters. The number of guanidine groups is 1. The molecule has 0 bridgehead atoms. The third-order valence-electron chi connectivity index (χ3n) is 6.88. The van der Waals surface area contributed by atoms with Crippen LogP contribution in [-0.2, 0) is 18.3 Å². The van der Waals surface area contributed by atoms with E-state index in [4.69, 9.17) is 9.73 Å². The number of rotatable bonds is 4. The Kier molecular flexibility index (Phi) is 5.14. The molecule has 1 aromatic rings. The Balaban J connectivity index is 1.49. The zero-order valence-corrected chi connectivity index (χ0v) is 17.2. The van der Waals surface area contributed by atoms with Gasteiger partial charge in [0.1, 0.15) is 12.4 Å². The second-order valence-corrected chi connectivity index (χ2v) is 9.05. The van der Waals surface area contributed by atoms with Gasteiger partial charge in [-0.2, -0.15) is 0 Å². The van der Waals surface area contributed by atoms with E-state index in [9.17, 15) is 0 Å². The van der Waals surface area contributed by atoms with Gasteiger partial charge in [-0.3, -0.25) is 0 Å². The average Bonchev–Trinajstić information content (AvgIpc) is 3.28. The summed E-state index contributed by atoms with van der Waals surface area (Å²) in [6.45, 7) is 8.05. The molecule has 2 heterocycles. The van der Waals surface area contributed by atoms with Crippen molar-refractivity contribution in [1.29, 1.82) is 0 Å². The Morgan fingerprint density at radius 2 is 1.96 bits per heavy atom. The molecule has 0 amide bonds. The summed E-state index contributed by atoms with van der Waals surface area (Å²) in [4.78, 5) is 4.89. The van der Waals surface area contributed by atoms with Crippen molar-refractivity contribution in [2.75, 3.05) is 6.61 Å². The second-order valence-electron chi connectivity index (χ2n) is 9.05. The largest absolute Gasteiger partial charge is 0.377 e. The van der Waals surface area contributed by atoms with Gasteiger partial charge in [0.15, 0.2) is 11.8 Å². The Morgan fingerprint density at radius 3 is 2.67 bits per heavy atom. The highest BCUT2D eigenvalue weighted by Crippen LogP contribution is 2.51. The van der Waals surface area contributed by atoms with Crippen molar-refractivity contribution in [3.8, 4) is 0 Å². The van der Waals surface area contributed by atoms with Crippen molar-refractivity contribution in [1.82, 2.24) is 25.4 Å². The van der Waals surface area contributed by atoms with Crippen LogP contribution in [0.3, 0.4) is 0 Å². The standard InChI is InChI=1S/C20H34N6O/c1-13-24-25-16(26(13)4)12-21-19(22-14-8-5-6-9-14)23-17-15-10-7-11-27-18(15)20(17,2)3/h14-15,17-18H,5-12H2,1-4H3,(H2,21,22,23). The molecule has 27 heavy (non-hydrogen) atoms. The second kappa shape index (κ2) is 7.41. The average molecular weight is 375 g/mol. The minimum absolute atomic E-state index is 0.130. The van der Waals surface area contributed by atoms with Crippen LogP contribution in [0, 0.1) is 18.3 Å². The van der Waals surface area contributed by atoms with Gasteiger partial charge in [0.2, 0.25) is 0 Å². The molecule has 3 aliphatic rings. The molecular weight excluding hydrogens is 340 g/mol. The number of hydrogen-bond donors (Lipinski definition) is 2. The van der Waals surface area contributed by atoms with Crippen LogP contribution in [0.5, 0.6) is 0 Å². The summed E-state index contributed by atoms with van der Waals surface area (Å²) in [5.74, 6) is 3.32. The first-order valence-electron chi connectivity index (χ1n) is 10.5. The number of hydrogen-bond acceptors (Lipinski definition) is 4. The molecule has 1 saturated heterocycles. The number of fused-ring (bicyclic) bond motifs is 1. The minimum atomic E-state index is 0.130. The van der Waals surface area contributed by atoms with Crippen molar-refractivity contribution < 1.29 is 4.74 Å². The van der Waals surface area contributed by atoms with Gasteiger partial charge in [0, 0.05) is 37.1 Å². The Hall–Kier alpha value is -1.63. The van der Waals surface area contributed by atoms with Gasteiger partial charge in [0.05, 0.1) is 6.10 Å². The molecule has 0 radical (unpaired) electrons. The molecule has 4 rings (SSSR count). The minimum Gasteiger partial charge on any atom is -0.377 e. The van der Waals surface area contributed by atoms with Gasteiger partial charge < -0.3 is 19.9 Å². The van der Waals surface area contributed by atoms with Crippen LogP contribution in [-0.4, -0.2) is 45.5 Å². The van der Waals surface area contributed by atoms with Crippen molar-refractivity contribution in [2.24, 2.45) is 23.4 Å². The number of aromatic nitrogens is 3. The number of aliphatic imine (C=N–C) groups is 1. The summed E-state index contributed by atoms with van der Waals surface area (Å²) in [5, 5.41) is 15.9. The Labute approximate surface area is 162 Å². The molecule has 3 atom stereocenters. The predicted molar refractivity (Wildman–Crippen MR) is 105 cm³/mol. The summed E-state index contributed by atoms with van der Waals surface area (Å²) in [6.07, 6.45) is 7.85. The van der Waals surface area contributed by atoms with Crippen molar-refractivity contribution in [3.05, 3.63) is 11.6 Å². The first-order valence-corrected chi connectivity index (χ1v) is 10.5. The highest BCUT2D eigenvalue weighted by molar-refractivity contribution is 5.80. The van der Waals surface area contributed by atoms with Crippen molar-refractivity contribution in [3.63, 3.8) is 0 Å². The molecule has 1 aliphatic heterocycles. The summed E-state index contributed by atoms with van der Waals surface area (Å²) in [6, 6.07) is 0.927. The van der Waals surface area contributed by atoms with Gasteiger partial charge in [0.25, 0.3) is 0 Å². The lowest BCUT2D eigenvalue weighted by atomic mass is 9.55. The summed E-state index contributed by atoms with van der Waals surface area (Å²) >= 11 is 0. The van der Waals surface area contributed by atoms with Gasteiger partial charge in [-0.05, 0) is 32.6 Å². The molecular formula is C20H34N6O. The van der Waals surface area contributed by atoms with E-state index in [0.717, 1.165) is 30.6 Å². The molecule has 1 aromatic heterocycles. The van der Waals surface area contributed by atoms with E-state index in [1.165, 1.54) is 32.1 Å². The Morgan fingerprint density at radius 1 is 1.19 bits per heavy atom. The van der Waals surface area contributed by atoms with Crippen LogP contribution in [0.15, 0.2) is 4.99 Å². The maximum atomic E-state index is 6.06. The van der Waals surface area contributed by atoms with Gasteiger partial charge in [-0.25, -0.2) is 4.99 Å². The third kappa shape index (κ3) is 3.58. The lowest BCUT2D eigenvalue weighted by Crippen LogP contribution is -2.71. The smallest absolute Gasteiger partial charge is 0.192 e. The van der Waals surface area contributed by atoms with Gasteiger partial charge >= 0.3 is 0 Å². The normalized spacial score (nSPS) is 30.7. The number of nitrogens with zero attached hydrogens (tertiary/aromatic N) is 4. The molecule has 2 N–H and O–H groups in total. The third-order valence-corrected chi connectivity index (χ3v) is 6.88. The summed E-state index contributed by atoms with van der Waals surface area (Å²) in [5.41, 5.74) is 0.130. The quantitative estimate of drug-likeness (QED) is 0.625. The predicted octanol–water partition coefficient (Wildman–Crippen LogP) is 2.30. The van der Waals surface area contributed by atoms with Crippen molar-refractivity contribution in [2.45, 2.75) is 84.0 Å². The maximum Gasteiger partial charge on any atom is 0.192 e. The molecule has 0 aromatic carbocycles. The molecule has 7 heteroatoms. The maximum absolute atomic E-state index is 6.06. The van der Waals surface area contributed by atoms with Crippen LogP contribution < -0.4 is 10.6 Å². The van der Waals surface area contributed by atoms with E-state index >= 15 is 0 Å². The van der Waals surface area contributed by atoms with E-state index in [1.807, 2.05) is 18.5 Å². The molecule has 7 nitrogen and oxygen atoms in total. The van der Waals surface area contributed by atoms with E-state index < -0.39 is 0 Å². The van der Waals surface area contributed by atoms with Crippen molar-refractivity contribution >= 4 is 5.96 Å². The van der Waals surface area contributed by atoms with E-state index in [0.29, 0.717) is 30.7 Å². The van der Waals surface area contributed by atoms with Crippen LogP contribution >= 0.6 is 0 Å². The van der Waals surface area contributed by atoms with Gasteiger partial charge in [-0.1, -0.05) is 26.7 Å². The van der Waals surface area contributed by atoms with E-state index in [2.05, 4.69) is 34.7 Å². The fourth-order valence-electron chi connectivity index (χ4n) is 5.10. The molecule has 2 aliphatic carbocycles. The number of ether oxygens (including phenoxy) is 1. The summed E-state index contributed by atoms with van der Waals surface area (Å²) in [7, 11) is 2.00. The lowest BCUT2D eigenvalue weighted by Gasteiger charge is -2.60. The van der Waals surface area contributed by atoms with Crippen LogP contribution in [0.25, 0.3) is 0 Å². The molecule has 3 fully saturated rings. The van der Waals surface area contributed by atoms with E-state index in [-0.39, 0.29) is 5.41 Å². The molecule has 0 spiro atoms. The number of aryl methyl sites for hydroxylation is 1. The van der Waals surface area contributed by atoms with Crippen LogP contribution in [0.4, 0.5) is 0 Å². The fraction of sp³-hybridized carbons (Fsp3) is 0.850. The zero-order valence-electron chi connectivity index (χ0n) is 17.2. The van der Waals surface area contributed by atoms with Gasteiger partial charge in [-0.15, -0.1) is 10.2 Å². The monoisotopic (exact) mass is 374 g/mol. The molecule has 150 valence electrons. The fourth-order valence-corrected chi connectivity index (χ4v) is 5.10. The SMILES string of the molecule is Cc1nnc(CN=C(NC2CCCC2)NC2C3CCCOC3C2(C)C)n1C. The zero-order chi connectivity index (χ0) is 19.0. The van der Waals surface area contributed by atoms with E-state index in [1.54, 1.807) is 0 Å². The highest BCUT2D eigenvalue weighted by atomic mass is 16.5. The summed E-state index contributed by atoms with van der Waals surface area (Å²) < 4.78 is 8.07.